The van der Waals surface area contributed by atoms with E-state index >= 15 is 0 Å². The Morgan fingerprint density at radius 1 is 1.29 bits per heavy atom. The average Bonchev–Trinajstić information content (AvgIpc) is 2.35. The van der Waals surface area contributed by atoms with E-state index in [0.717, 1.165) is 0 Å². The number of carbonyl (C=O) groups excluding carboxylic acids is 2. The van der Waals surface area contributed by atoms with Crippen molar-refractivity contribution < 1.29 is 28.5 Å². The molecule has 0 radical (unpaired) electrons. The van der Waals surface area contributed by atoms with E-state index in [0.29, 0.717) is 13.2 Å². The molecule has 98 valence electrons. The first-order valence-electron chi connectivity index (χ1n) is 5.54. The van der Waals surface area contributed by atoms with Gasteiger partial charge < -0.3 is 18.9 Å². The van der Waals surface area contributed by atoms with Crippen LogP contribution in [-0.4, -0.2) is 51.1 Å². The Kier molecular flexibility index (Phi) is 5.37. The highest BCUT2D eigenvalue weighted by Gasteiger charge is 2.32. The summed E-state index contributed by atoms with van der Waals surface area (Å²) in [5.74, 6) is -1.31. The van der Waals surface area contributed by atoms with E-state index in [1.807, 2.05) is 0 Å². The molecule has 0 aliphatic carbocycles. The fraction of sp³-hybridized carbons (Fsp3) is 0.818. The molecule has 1 heterocycles. The molecule has 1 aliphatic heterocycles. The monoisotopic (exact) mass is 246 g/mol. The minimum atomic E-state index is -0.905. The van der Waals surface area contributed by atoms with Gasteiger partial charge in [0.05, 0.1) is 26.9 Å². The second-order valence-electron chi connectivity index (χ2n) is 4.06. The Labute approximate surface area is 100 Å². The second kappa shape index (κ2) is 6.56. The van der Waals surface area contributed by atoms with Crippen molar-refractivity contribution in [3.8, 4) is 0 Å². The lowest BCUT2D eigenvalue weighted by molar-refractivity contribution is -0.185. The summed E-state index contributed by atoms with van der Waals surface area (Å²) in [6.45, 7) is 4.52. The Morgan fingerprint density at radius 2 is 2.00 bits per heavy atom. The molecule has 0 amide bonds. The fourth-order valence-electron chi connectivity index (χ4n) is 1.40. The van der Waals surface area contributed by atoms with Crippen molar-refractivity contribution in [2.24, 2.45) is 5.92 Å². The molecule has 0 aromatic heterocycles. The predicted molar refractivity (Wildman–Crippen MR) is 57.3 cm³/mol. The smallest absolute Gasteiger partial charge is 0.347 e. The zero-order valence-corrected chi connectivity index (χ0v) is 10.3. The van der Waals surface area contributed by atoms with Gasteiger partial charge in [0.25, 0.3) is 0 Å². The lowest BCUT2D eigenvalue weighted by Crippen LogP contribution is -2.41. The molecule has 1 aliphatic rings. The van der Waals surface area contributed by atoms with Crippen molar-refractivity contribution in [3.05, 3.63) is 0 Å². The zero-order chi connectivity index (χ0) is 12.8. The normalized spacial score (nSPS) is 22.0. The maximum Gasteiger partial charge on any atom is 0.347 e. The molecule has 0 spiro atoms. The van der Waals surface area contributed by atoms with Crippen LogP contribution in [0, 0.1) is 5.92 Å². The standard InChI is InChI=1S/C11H18O6/c1-7(2)9(11(13)14-3)17-10(12)8-6-15-4-5-16-8/h7-9H,4-6H2,1-3H3. The van der Waals surface area contributed by atoms with Gasteiger partial charge in [-0.25, -0.2) is 9.59 Å². The Balaban J connectivity index is 2.54. The van der Waals surface area contributed by atoms with Gasteiger partial charge in [-0.3, -0.25) is 0 Å². The molecular weight excluding hydrogens is 228 g/mol. The van der Waals surface area contributed by atoms with Crippen LogP contribution in [0.1, 0.15) is 13.8 Å². The molecule has 2 unspecified atom stereocenters. The van der Waals surface area contributed by atoms with Crippen LogP contribution in [0.2, 0.25) is 0 Å². The molecule has 0 N–H and O–H groups in total. The largest absolute Gasteiger partial charge is 0.466 e. The highest BCUT2D eigenvalue weighted by molar-refractivity contribution is 5.81. The lowest BCUT2D eigenvalue weighted by atomic mass is 10.1. The summed E-state index contributed by atoms with van der Waals surface area (Å²) in [6, 6.07) is 0. The first kappa shape index (κ1) is 13.9. The number of esters is 2. The number of methoxy groups -OCH3 is 1. The van der Waals surface area contributed by atoms with Gasteiger partial charge in [-0.1, -0.05) is 13.8 Å². The third kappa shape index (κ3) is 3.98. The highest BCUT2D eigenvalue weighted by Crippen LogP contribution is 2.12. The molecular formula is C11H18O6. The highest BCUT2D eigenvalue weighted by atomic mass is 16.6. The molecule has 6 nitrogen and oxygen atoms in total. The van der Waals surface area contributed by atoms with Gasteiger partial charge in [0.2, 0.25) is 6.10 Å². The topological polar surface area (TPSA) is 71.1 Å². The first-order chi connectivity index (χ1) is 8.06. The van der Waals surface area contributed by atoms with Crippen LogP contribution in [0.25, 0.3) is 0 Å². The maximum atomic E-state index is 11.7. The van der Waals surface area contributed by atoms with E-state index in [-0.39, 0.29) is 12.5 Å². The molecule has 1 saturated heterocycles. The number of carbonyl (C=O) groups is 2. The summed E-state index contributed by atoms with van der Waals surface area (Å²) in [6.07, 6.45) is -1.66. The zero-order valence-electron chi connectivity index (χ0n) is 10.3. The van der Waals surface area contributed by atoms with Crippen LogP contribution in [0.4, 0.5) is 0 Å². The summed E-state index contributed by atoms with van der Waals surface area (Å²) < 4.78 is 19.9. The Morgan fingerprint density at radius 3 is 2.47 bits per heavy atom. The molecule has 1 rings (SSSR count). The van der Waals surface area contributed by atoms with Crippen LogP contribution in [-0.2, 0) is 28.5 Å². The number of hydrogen-bond acceptors (Lipinski definition) is 6. The second-order valence-corrected chi connectivity index (χ2v) is 4.06. The summed E-state index contributed by atoms with van der Waals surface area (Å²) in [7, 11) is 1.26. The van der Waals surface area contributed by atoms with E-state index in [1.165, 1.54) is 7.11 Å². The third-order valence-corrected chi connectivity index (χ3v) is 2.36. The van der Waals surface area contributed by atoms with Gasteiger partial charge in [-0.2, -0.15) is 0 Å². The van der Waals surface area contributed by atoms with Crippen molar-refractivity contribution >= 4 is 11.9 Å². The lowest BCUT2D eigenvalue weighted by Gasteiger charge is -2.25. The van der Waals surface area contributed by atoms with E-state index in [1.54, 1.807) is 13.8 Å². The van der Waals surface area contributed by atoms with Crippen LogP contribution < -0.4 is 0 Å². The Bertz CT molecular complexity index is 269. The summed E-state index contributed by atoms with van der Waals surface area (Å²) in [5.41, 5.74) is 0. The Hall–Kier alpha value is -1.14. The SMILES string of the molecule is COC(=O)C(OC(=O)C1COCCO1)C(C)C. The summed E-state index contributed by atoms with van der Waals surface area (Å²) in [5, 5.41) is 0. The van der Waals surface area contributed by atoms with Crippen molar-refractivity contribution in [1.82, 2.24) is 0 Å². The van der Waals surface area contributed by atoms with Gasteiger partial charge in [-0.05, 0) is 0 Å². The first-order valence-corrected chi connectivity index (χ1v) is 5.54. The maximum absolute atomic E-state index is 11.7. The number of hydrogen-bond donors (Lipinski definition) is 0. The summed E-state index contributed by atoms with van der Waals surface area (Å²) in [4.78, 5) is 23.1. The van der Waals surface area contributed by atoms with Gasteiger partial charge in [0.15, 0.2) is 6.10 Å². The van der Waals surface area contributed by atoms with Gasteiger partial charge >= 0.3 is 11.9 Å². The molecule has 1 fully saturated rings. The van der Waals surface area contributed by atoms with E-state index in [9.17, 15) is 9.59 Å². The quantitative estimate of drug-likeness (QED) is 0.657. The van der Waals surface area contributed by atoms with Gasteiger partial charge in [-0.15, -0.1) is 0 Å². The van der Waals surface area contributed by atoms with Crippen LogP contribution >= 0.6 is 0 Å². The molecule has 0 aromatic carbocycles. The molecule has 17 heavy (non-hydrogen) atoms. The molecule has 0 bridgehead atoms. The van der Waals surface area contributed by atoms with Gasteiger partial charge in [0.1, 0.15) is 0 Å². The fourth-order valence-corrected chi connectivity index (χ4v) is 1.40. The third-order valence-electron chi connectivity index (χ3n) is 2.36. The minimum absolute atomic E-state index is 0.157. The van der Waals surface area contributed by atoms with E-state index in [2.05, 4.69) is 4.74 Å². The summed E-state index contributed by atoms with van der Waals surface area (Å²) >= 11 is 0. The average molecular weight is 246 g/mol. The van der Waals surface area contributed by atoms with Crippen LogP contribution in [0.3, 0.4) is 0 Å². The number of rotatable bonds is 4. The van der Waals surface area contributed by atoms with Crippen molar-refractivity contribution in [3.63, 3.8) is 0 Å². The molecule has 6 heteroatoms. The van der Waals surface area contributed by atoms with E-state index < -0.39 is 24.1 Å². The van der Waals surface area contributed by atoms with E-state index in [4.69, 9.17) is 14.2 Å². The van der Waals surface area contributed by atoms with Crippen molar-refractivity contribution in [2.75, 3.05) is 26.9 Å². The molecule has 0 saturated carbocycles. The van der Waals surface area contributed by atoms with Crippen LogP contribution in [0.5, 0.6) is 0 Å². The van der Waals surface area contributed by atoms with Crippen LogP contribution in [0.15, 0.2) is 0 Å². The van der Waals surface area contributed by atoms with Crippen molar-refractivity contribution in [2.45, 2.75) is 26.1 Å². The van der Waals surface area contributed by atoms with Crippen molar-refractivity contribution in [1.29, 1.82) is 0 Å². The predicted octanol–water partition coefficient (Wildman–Crippen LogP) is 0.143. The number of ether oxygens (including phenoxy) is 4. The molecule has 0 aromatic rings. The van der Waals surface area contributed by atoms with Gasteiger partial charge in [0, 0.05) is 5.92 Å². The minimum Gasteiger partial charge on any atom is -0.466 e. The molecule has 2 atom stereocenters.